The van der Waals surface area contributed by atoms with Crippen LogP contribution >= 0.6 is 11.6 Å². The van der Waals surface area contributed by atoms with Crippen molar-refractivity contribution in [2.75, 3.05) is 24.6 Å². The standard InChI is InChI=1S/C21H23ClN2O3/c1-2-27-19-9-3-15(4-10-19)11-20(25)23-13-16-12-21(26)24(14-16)18-7-5-17(22)6-8-18/h3-10,16H,2,11-14H2,1H3,(H,23,25)/t16-/m0/s1. The molecule has 3 rings (SSSR count). The molecule has 0 spiro atoms. The maximum absolute atomic E-state index is 12.3. The van der Waals surface area contributed by atoms with Gasteiger partial charge in [-0.3, -0.25) is 9.59 Å². The van der Waals surface area contributed by atoms with Gasteiger partial charge in [0.25, 0.3) is 0 Å². The first-order chi connectivity index (χ1) is 13.0. The van der Waals surface area contributed by atoms with Gasteiger partial charge < -0.3 is 15.0 Å². The number of benzene rings is 2. The maximum Gasteiger partial charge on any atom is 0.227 e. The minimum Gasteiger partial charge on any atom is -0.494 e. The average Bonchev–Trinajstić information content (AvgIpc) is 3.03. The molecule has 5 nitrogen and oxygen atoms in total. The summed E-state index contributed by atoms with van der Waals surface area (Å²) in [6, 6.07) is 14.8. The Morgan fingerprint density at radius 1 is 1.19 bits per heavy atom. The quantitative estimate of drug-likeness (QED) is 0.792. The fourth-order valence-corrected chi connectivity index (χ4v) is 3.29. The van der Waals surface area contributed by atoms with Gasteiger partial charge in [0.05, 0.1) is 13.0 Å². The van der Waals surface area contributed by atoms with Gasteiger partial charge in [-0.2, -0.15) is 0 Å². The summed E-state index contributed by atoms with van der Waals surface area (Å²) in [7, 11) is 0. The average molecular weight is 387 g/mol. The number of amides is 2. The zero-order valence-corrected chi connectivity index (χ0v) is 16.0. The van der Waals surface area contributed by atoms with Crippen molar-refractivity contribution in [3.05, 3.63) is 59.1 Å². The third-order valence-corrected chi connectivity index (χ3v) is 4.78. The molecule has 1 saturated heterocycles. The van der Waals surface area contributed by atoms with Crippen molar-refractivity contribution >= 4 is 29.1 Å². The van der Waals surface area contributed by atoms with E-state index in [4.69, 9.17) is 16.3 Å². The Kier molecular flexibility index (Phi) is 6.35. The minimum absolute atomic E-state index is 0.0449. The Morgan fingerprint density at radius 2 is 1.89 bits per heavy atom. The third kappa shape index (κ3) is 5.23. The maximum atomic E-state index is 12.3. The number of hydrogen-bond donors (Lipinski definition) is 1. The van der Waals surface area contributed by atoms with Gasteiger partial charge in [0.15, 0.2) is 0 Å². The molecule has 0 aromatic heterocycles. The summed E-state index contributed by atoms with van der Waals surface area (Å²) in [5, 5.41) is 3.59. The first-order valence-corrected chi connectivity index (χ1v) is 9.47. The lowest BCUT2D eigenvalue weighted by Gasteiger charge is -2.17. The van der Waals surface area contributed by atoms with E-state index in [0.29, 0.717) is 37.6 Å². The second-order valence-corrected chi connectivity index (χ2v) is 7.05. The lowest BCUT2D eigenvalue weighted by molar-refractivity contribution is -0.121. The molecule has 27 heavy (non-hydrogen) atoms. The zero-order chi connectivity index (χ0) is 19.2. The number of ether oxygens (including phenoxy) is 1. The van der Waals surface area contributed by atoms with E-state index < -0.39 is 0 Å². The molecule has 1 atom stereocenters. The van der Waals surface area contributed by atoms with Crippen LogP contribution in [-0.4, -0.2) is 31.5 Å². The highest BCUT2D eigenvalue weighted by Gasteiger charge is 2.30. The van der Waals surface area contributed by atoms with Crippen LogP contribution in [0.4, 0.5) is 5.69 Å². The van der Waals surface area contributed by atoms with Crippen molar-refractivity contribution in [1.82, 2.24) is 5.32 Å². The first kappa shape index (κ1) is 19.2. The summed E-state index contributed by atoms with van der Waals surface area (Å²) in [5.41, 5.74) is 1.77. The molecule has 142 valence electrons. The number of halogens is 1. The fraction of sp³-hybridized carbons (Fsp3) is 0.333. The molecule has 1 heterocycles. The van der Waals surface area contributed by atoms with E-state index in [1.54, 1.807) is 17.0 Å². The number of anilines is 1. The lowest BCUT2D eigenvalue weighted by Crippen LogP contribution is -2.32. The second kappa shape index (κ2) is 8.91. The Morgan fingerprint density at radius 3 is 2.56 bits per heavy atom. The Balaban J connectivity index is 1.47. The predicted molar refractivity (Wildman–Crippen MR) is 106 cm³/mol. The molecule has 0 aliphatic carbocycles. The van der Waals surface area contributed by atoms with E-state index in [9.17, 15) is 9.59 Å². The summed E-state index contributed by atoms with van der Waals surface area (Å²) in [4.78, 5) is 26.2. The van der Waals surface area contributed by atoms with Crippen LogP contribution in [0.3, 0.4) is 0 Å². The van der Waals surface area contributed by atoms with Crippen LogP contribution in [0, 0.1) is 5.92 Å². The molecule has 2 aromatic rings. The van der Waals surface area contributed by atoms with Gasteiger partial charge >= 0.3 is 0 Å². The number of carbonyl (C=O) groups is 2. The van der Waals surface area contributed by atoms with E-state index in [0.717, 1.165) is 17.0 Å². The Labute approximate surface area is 164 Å². The highest BCUT2D eigenvalue weighted by atomic mass is 35.5. The van der Waals surface area contributed by atoms with Crippen LogP contribution in [0.1, 0.15) is 18.9 Å². The van der Waals surface area contributed by atoms with Crippen molar-refractivity contribution in [2.45, 2.75) is 19.8 Å². The van der Waals surface area contributed by atoms with Gasteiger partial charge in [0.1, 0.15) is 5.75 Å². The van der Waals surface area contributed by atoms with Gasteiger partial charge in [0.2, 0.25) is 11.8 Å². The number of carbonyl (C=O) groups excluding carboxylic acids is 2. The molecule has 1 fully saturated rings. The summed E-state index contributed by atoms with van der Waals surface area (Å²) in [6.07, 6.45) is 0.750. The van der Waals surface area contributed by atoms with Gasteiger partial charge in [0, 0.05) is 36.1 Å². The SMILES string of the molecule is CCOc1ccc(CC(=O)NC[C@@H]2CC(=O)N(c3ccc(Cl)cc3)C2)cc1. The van der Waals surface area contributed by atoms with E-state index in [1.807, 2.05) is 43.3 Å². The zero-order valence-electron chi connectivity index (χ0n) is 15.3. The lowest BCUT2D eigenvalue weighted by atomic mass is 10.1. The number of nitrogens with one attached hydrogen (secondary N) is 1. The molecule has 0 bridgehead atoms. The molecule has 1 aliphatic heterocycles. The van der Waals surface area contributed by atoms with E-state index in [-0.39, 0.29) is 17.7 Å². The van der Waals surface area contributed by atoms with Crippen molar-refractivity contribution in [1.29, 1.82) is 0 Å². The number of nitrogens with zero attached hydrogens (tertiary/aromatic N) is 1. The van der Waals surface area contributed by atoms with Crippen molar-refractivity contribution in [3.63, 3.8) is 0 Å². The summed E-state index contributed by atoms with van der Waals surface area (Å²) in [6.45, 7) is 3.64. The van der Waals surface area contributed by atoms with E-state index in [1.165, 1.54) is 0 Å². The van der Waals surface area contributed by atoms with Gasteiger partial charge in [-0.1, -0.05) is 23.7 Å². The highest BCUT2D eigenvalue weighted by Crippen LogP contribution is 2.26. The van der Waals surface area contributed by atoms with Gasteiger partial charge in [-0.05, 0) is 48.9 Å². The van der Waals surface area contributed by atoms with Crippen LogP contribution in [-0.2, 0) is 16.0 Å². The smallest absolute Gasteiger partial charge is 0.227 e. The van der Waals surface area contributed by atoms with Crippen LogP contribution in [0.5, 0.6) is 5.75 Å². The monoisotopic (exact) mass is 386 g/mol. The summed E-state index contributed by atoms with van der Waals surface area (Å²) >= 11 is 5.90. The van der Waals surface area contributed by atoms with Crippen LogP contribution in [0.2, 0.25) is 5.02 Å². The van der Waals surface area contributed by atoms with Crippen LogP contribution in [0.15, 0.2) is 48.5 Å². The van der Waals surface area contributed by atoms with Crippen molar-refractivity contribution in [3.8, 4) is 5.75 Å². The van der Waals surface area contributed by atoms with E-state index >= 15 is 0 Å². The second-order valence-electron chi connectivity index (χ2n) is 6.61. The highest BCUT2D eigenvalue weighted by molar-refractivity contribution is 6.30. The molecular formula is C21H23ClN2O3. The van der Waals surface area contributed by atoms with E-state index in [2.05, 4.69) is 5.32 Å². The minimum atomic E-state index is -0.0449. The van der Waals surface area contributed by atoms with Gasteiger partial charge in [-0.15, -0.1) is 0 Å². The topological polar surface area (TPSA) is 58.6 Å². The van der Waals surface area contributed by atoms with Crippen molar-refractivity contribution in [2.24, 2.45) is 5.92 Å². The van der Waals surface area contributed by atoms with Gasteiger partial charge in [-0.25, -0.2) is 0 Å². The molecule has 0 unspecified atom stereocenters. The molecule has 1 N–H and O–H groups in total. The molecule has 2 aromatic carbocycles. The Hall–Kier alpha value is -2.53. The molecule has 0 saturated carbocycles. The predicted octanol–water partition coefficient (Wildman–Crippen LogP) is 3.45. The van der Waals surface area contributed by atoms with Crippen LogP contribution in [0.25, 0.3) is 0 Å². The largest absolute Gasteiger partial charge is 0.494 e. The molecule has 0 radical (unpaired) electrons. The summed E-state index contributed by atoms with van der Waals surface area (Å²) < 4.78 is 5.40. The number of hydrogen-bond acceptors (Lipinski definition) is 3. The molecular weight excluding hydrogens is 364 g/mol. The Bertz CT molecular complexity index is 790. The molecule has 2 amide bonds. The normalized spacial score (nSPS) is 16.4. The third-order valence-electron chi connectivity index (χ3n) is 4.53. The van der Waals surface area contributed by atoms with Crippen molar-refractivity contribution < 1.29 is 14.3 Å². The fourth-order valence-electron chi connectivity index (χ4n) is 3.17. The van der Waals surface area contributed by atoms with Crippen LogP contribution < -0.4 is 15.0 Å². The molecule has 6 heteroatoms. The number of rotatable bonds is 7. The first-order valence-electron chi connectivity index (χ1n) is 9.09. The molecule has 1 aliphatic rings. The summed E-state index contributed by atoms with van der Waals surface area (Å²) in [5.74, 6) is 0.936.